The summed E-state index contributed by atoms with van der Waals surface area (Å²) < 4.78 is 0. The SMILES string of the molecule is CCN1C(=O)S/C(=C2\C(=O)Cc3ccc(Cl)cc32)C1=O. The summed E-state index contributed by atoms with van der Waals surface area (Å²) >= 11 is 6.79. The fourth-order valence-electron chi connectivity index (χ4n) is 2.42. The third-order valence-corrected chi connectivity index (χ3v) is 4.58. The highest BCUT2D eigenvalue weighted by Crippen LogP contribution is 2.41. The summed E-state index contributed by atoms with van der Waals surface area (Å²) in [6.45, 7) is 2.03. The minimum atomic E-state index is -0.390. The van der Waals surface area contributed by atoms with Crippen molar-refractivity contribution < 1.29 is 14.4 Å². The van der Waals surface area contributed by atoms with Crippen molar-refractivity contribution in [3.05, 3.63) is 39.3 Å². The molecular formula is C14H10ClNO3S. The molecular weight excluding hydrogens is 298 g/mol. The van der Waals surface area contributed by atoms with Crippen molar-refractivity contribution in [1.82, 2.24) is 4.90 Å². The number of halogens is 1. The van der Waals surface area contributed by atoms with Gasteiger partial charge in [0.15, 0.2) is 5.78 Å². The van der Waals surface area contributed by atoms with Gasteiger partial charge in [0.05, 0.1) is 4.91 Å². The number of hydrogen-bond donors (Lipinski definition) is 0. The van der Waals surface area contributed by atoms with Crippen molar-refractivity contribution >= 4 is 45.9 Å². The van der Waals surface area contributed by atoms with Gasteiger partial charge in [-0.2, -0.15) is 0 Å². The molecule has 3 rings (SSSR count). The smallest absolute Gasteiger partial charge is 0.293 e. The van der Waals surface area contributed by atoms with E-state index in [2.05, 4.69) is 0 Å². The average Bonchev–Trinajstić information content (AvgIpc) is 2.85. The molecule has 1 aromatic carbocycles. The highest BCUT2D eigenvalue weighted by molar-refractivity contribution is 8.18. The van der Waals surface area contributed by atoms with Crippen LogP contribution < -0.4 is 0 Å². The number of nitrogens with zero attached hydrogens (tertiary/aromatic N) is 1. The lowest BCUT2D eigenvalue weighted by atomic mass is 10.1. The third-order valence-electron chi connectivity index (χ3n) is 3.36. The molecule has 4 nitrogen and oxygen atoms in total. The van der Waals surface area contributed by atoms with Gasteiger partial charge in [0.25, 0.3) is 11.1 Å². The molecule has 0 saturated carbocycles. The summed E-state index contributed by atoms with van der Waals surface area (Å²) in [4.78, 5) is 37.5. The number of thioether (sulfide) groups is 1. The number of likely N-dealkylation sites (N-methyl/N-ethyl adjacent to an activating group) is 1. The van der Waals surface area contributed by atoms with E-state index in [4.69, 9.17) is 11.6 Å². The summed E-state index contributed by atoms with van der Waals surface area (Å²) in [6.07, 6.45) is 0.249. The maximum Gasteiger partial charge on any atom is 0.293 e. The van der Waals surface area contributed by atoms with E-state index in [-0.39, 0.29) is 22.3 Å². The lowest BCUT2D eigenvalue weighted by Gasteiger charge is -2.08. The quantitative estimate of drug-likeness (QED) is 0.749. The molecule has 1 aliphatic carbocycles. The molecule has 0 bridgehead atoms. The molecule has 6 heteroatoms. The Morgan fingerprint density at radius 1 is 1.30 bits per heavy atom. The summed E-state index contributed by atoms with van der Waals surface area (Å²) in [5.41, 5.74) is 1.85. The van der Waals surface area contributed by atoms with Crippen LogP contribution in [0.1, 0.15) is 18.1 Å². The monoisotopic (exact) mass is 307 g/mol. The van der Waals surface area contributed by atoms with Crippen LogP contribution in [0.3, 0.4) is 0 Å². The predicted octanol–water partition coefficient (Wildman–Crippen LogP) is 2.89. The molecule has 0 unspecified atom stereocenters. The first-order valence-electron chi connectivity index (χ1n) is 6.13. The molecule has 102 valence electrons. The van der Waals surface area contributed by atoms with Crippen LogP contribution in [-0.2, 0) is 16.0 Å². The number of imide groups is 1. The van der Waals surface area contributed by atoms with Gasteiger partial charge >= 0.3 is 0 Å². The summed E-state index contributed by atoms with van der Waals surface area (Å²) in [5, 5.41) is 0.175. The van der Waals surface area contributed by atoms with Crippen molar-refractivity contribution in [2.75, 3.05) is 6.54 Å². The summed E-state index contributed by atoms with van der Waals surface area (Å²) in [5.74, 6) is -0.525. The molecule has 1 saturated heterocycles. The summed E-state index contributed by atoms with van der Waals surface area (Å²) in [6, 6.07) is 5.18. The zero-order chi connectivity index (χ0) is 14.4. The normalized spacial score (nSPS) is 21.9. The van der Waals surface area contributed by atoms with Crippen LogP contribution in [0, 0.1) is 0 Å². The van der Waals surface area contributed by atoms with Crippen LogP contribution in [0.5, 0.6) is 0 Å². The lowest BCUT2D eigenvalue weighted by Crippen LogP contribution is -2.27. The first-order chi connectivity index (χ1) is 9.52. The van der Waals surface area contributed by atoms with E-state index in [1.54, 1.807) is 25.1 Å². The largest absolute Gasteiger partial charge is 0.294 e. The molecule has 1 fully saturated rings. The first kappa shape index (κ1) is 13.4. The number of fused-ring (bicyclic) bond motifs is 1. The van der Waals surface area contributed by atoms with Gasteiger partial charge in [-0.3, -0.25) is 19.3 Å². The standard InChI is InChI=1S/C14H10ClNO3S/c1-2-16-13(18)12(20-14(16)19)11-9-6-8(15)4-3-7(9)5-10(11)17/h3-4,6H,2,5H2,1H3/b12-11-. The van der Waals surface area contributed by atoms with E-state index in [0.29, 0.717) is 22.7 Å². The number of ketones is 1. The molecule has 1 heterocycles. The second kappa shape index (κ2) is 4.75. The van der Waals surface area contributed by atoms with Crippen molar-refractivity contribution in [3.63, 3.8) is 0 Å². The fraction of sp³-hybridized carbons (Fsp3) is 0.214. The van der Waals surface area contributed by atoms with Gasteiger partial charge in [-0.05, 0) is 41.9 Å². The van der Waals surface area contributed by atoms with Crippen molar-refractivity contribution in [1.29, 1.82) is 0 Å². The minimum Gasteiger partial charge on any atom is -0.294 e. The van der Waals surface area contributed by atoms with Gasteiger partial charge < -0.3 is 0 Å². The van der Waals surface area contributed by atoms with Crippen LogP contribution in [-0.4, -0.2) is 28.4 Å². The van der Waals surface area contributed by atoms with Gasteiger partial charge in [0.1, 0.15) is 0 Å². The second-order valence-electron chi connectivity index (χ2n) is 4.52. The Bertz CT molecular complexity index is 696. The Labute approximate surface area is 124 Å². The van der Waals surface area contributed by atoms with Gasteiger partial charge in [0.2, 0.25) is 0 Å². The van der Waals surface area contributed by atoms with Crippen molar-refractivity contribution in [2.45, 2.75) is 13.3 Å². The summed E-state index contributed by atoms with van der Waals surface area (Å²) in [7, 11) is 0. The number of Topliss-reactive ketones (excluding diaryl/α,β-unsaturated/α-hetero) is 1. The Morgan fingerprint density at radius 2 is 2.05 bits per heavy atom. The highest BCUT2D eigenvalue weighted by atomic mass is 35.5. The maximum atomic E-state index is 12.2. The lowest BCUT2D eigenvalue weighted by molar-refractivity contribution is -0.123. The topological polar surface area (TPSA) is 54.5 Å². The van der Waals surface area contributed by atoms with Crippen LogP contribution in [0.15, 0.2) is 23.1 Å². The highest BCUT2D eigenvalue weighted by Gasteiger charge is 2.40. The van der Waals surface area contributed by atoms with E-state index in [0.717, 1.165) is 22.2 Å². The Kier molecular flexibility index (Phi) is 3.18. The second-order valence-corrected chi connectivity index (χ2v) is 5.92. The van der Waals surface area contributed by atoms with Crippen LogP contribution in [0.25, 0.3) is 5.57 Å². The van der Waals surface area contributed by atoms with Gasteiger partial charge in [-0.25, -0.2) is 0 Å². The Hall–Kier alpha value is -1.59. The molecule has 2 aliphatic rings. The zero-order valence-electron chi connectivity index (χ0n) is 10.6. The van der Waals surface area contributed by atoms with Gasteiger partial charge in [0, 0.05) is 23.6 Å². The van der Waals surface area contributed by atoms with E-state index < -0.39 is 5.91 Å². The average molecular weight is 308 g/mol. The number of amides is 2. The molecule has 0 aromatic heterocycles. The van der Waals surface area contributed by atoms with Crippen LogP contribution in [0.4, 0.5) is 4.79 Å². The van der Waals surface area contributed by atoms with E-state index >= 15 is 0 Å². The van der Waals surface area contributed by atoms with Crippen LogP contribution in [0.2, 0.25) is 5.02 Å². The maximum absolute atomic E-state index is 12.2. The molecule has 0 N–H and O–H groups in total. The molecule has 0 atom stereocenters. The number of benzene rings is 1. The fourth-order valence-corrected chi connectivity index (χ4v) is 3.61. The number of hydrogen-bond acceptors (Lipinski definition) is 4. The number of allylic oxidation sites excluding steroid dienone is 1. The molecule has 1 aromatic rings. The van der Waals surface area contributed by atoms with Gasteiger partial charge in [-0.15, -0.1) is 0 Å². The number of rotatable bonds is 1. The molecule has 1 aliphatic heterocycles. The van der Waals surface area contributed by atoms with Crippen LogP contribution >= 0.6 is 23.4 Å². The number of carbonyl (C=O) groups is 3. The molecule has 20 heavy (non-hydrogen) atoms. The van der Waals surface area contributed by atoms with Gasteiger partial charge in [-0.1, -0.05) is 17.7 Å². The van der Waals surface area contributed by atoms with E-state index in [9.17, 15) is 14.4 Å². The van der Waals surface area contributed by atoms with Crippen molar-refractivity contribution in [3.8, 4) is 0 Å². The number of carbonyl (C=O) groups excluding carboxylic acids is 3. The van der Waals surface area contributed by atoms with E-state index in [1.165, 1.54) is 0 Å². The Morgan fingerprint density at radius 3 is 2.70 bits per heavy atom. The minimum absolute atomic E-state index is 0.135. The predicted molar refractivity (Wildman–Crippen MR) is 77.5 cm³/mol. The van der Waals surface area contributed by atoms with Crippen molar-refractivity contribution in [2.24, 2.45) is 0 Å². The zero-order valence-corrected chi connectivity index (χ0v) is 12.2. The Balaban J connectivity index is 2.18. The molecule has 0 spiro atoms. The van der Waals surface area contributed by atoms with E-state index in [1.807, 2.05) is 0 Å². The molecule has 0 radical (unpaired) electrons. The molecule has 2 amide bonds. The first-order valence-corrected chi connectivity index (χ1v) is 7.32. The third kappa shape index (κ3) is 1.89.